The highest BCUT2D eigenvalue weighted by molar-refractivity contribution is 6.10. The van der Waals surface area contributed by atoms with Crippen molar-refractivity contribution in [3.63, 3.8) is 0 Å². The molecule has 49 heavy (non-hydrogen) atoms. The SMILES string of the molecule is CN1Cc2cnc3ccc(-c4cnc5ccccc5c4)cc3c2N(c2ccc(N3CCN(C(=O)OC(C)(C)C)CC3)c(C(F)(F)F)c2)C1=O. The van der Waals surface area contributed by atoms with Gasteiger partial charge in [-0.15, -0.1) is 0 Å². The summed E-state index contributed by atoms with van der Waals surface area (Å²) in [6, 6.07) is 19.1. The van der Waals surface area contributed by atoms with Crippen LogP contribution in [0, 0.1) is 0 Å². The van der Waals surface area contributed by atoms with E-state index in [2.05, 4.69) is 9.97 Å². The molecule has 5 aromatic rings. The molecule has 1 saturated heterocycles. The fourth-order valence-electron chi connectivity index (χ4n) is 6.46. The van der Waals surface area contributed by atoms with Gasteiger partial charge in [0.05, 0.1) is 34.5 Å². The first-order chi connectivity index (χ1) is 23.3. The number of anilines is 3. The van der Waals surface area contributed by atoms with Crippen molar-refractivity contribution in [1.82, 2.24) is 19.8 Å². The van der Waals surface area contributed by atoms with Crippen LogP contribution in [-0.2, 0) is 17.5 Å². The number of hydrogen-bond acceptors (Lipinski definition) is 6. The van der Waals surface area contributed by atoms with Gasteiger partial charge in [-0.2, -0.15) is 13.2 Å². The molecule has 0 bridgehead atoms. The van der Waals surface area contributed by atoms with Crippen LogP contribution < -0.4 is 9.80 Å². The van der Waals surface area contributed by atoms with Crippen molar-refractivity contribution in [1.29, 1.82) is 0 Å². The summed E-state index contributed by atoms with van der Waals surface area (Å²) in [7, 11) is 1.61. The lowest BCUT2D eigenvalue weighted by atomic mass is 9.99. The van der Waals surface area contributed by atoms with Gasteiger partial charge >= 0.3 is 18.3 Å². The van der Waals surface area contributed by atoms with Gasteiger partial charge in [0.1, 0.15) is 5.60 Å². The summed E-state index contributed by atoms with van der Waals surface area (Å²) in [6.45, 7) is 6.36. The molecule has 252 valence electrons. The number of rotatable bonds is 3. The van der Waals surface area contributed by atoms with Crippen LogP contribution in [0.5, 0.6) is 0 Å². The minimum atomic E-state index is -4.71. The first-order valence-corrected chi connectivity index (χ1v) is 16.0. The molecule has 2 aliphatic heterocycles. The molecule has 7 rings (SSSR count). The van der Waals surface area contributed by atoms with Crippen LogP contribution in [0.4, 0.5) is 39.8 Å². The quantitative estimate of drug-likeness (QED) is 0.193. The maximum atomic E-state index is 14.8. The molecule has 0 spiro atoms. The lowest BCUT2D eigenvalue weighted by Gasteiger charge is -2.38. The standard InChI is InChI=1S/C37H35F3N6O3/c1-36(2,3)49-35(48)45-15-13-44(14-16-45)32-12-10-27(19-29(32)37(38,39)40)46-33-26(22-43(4)34(46)47)21-42-31-11-9-23(18-28(31)33)25-17-24-7-5-6-8-30(24)41-20-25/h5-12,17-21H,13-16,22H2,1-4H3. The second-order valence-corrected chi connectivity index (χ2v) is 13.4. The van der Waals surface area contributed by atoms with Crippen molar-refractivity contribution in [3.05, 3.63) is 90.3 Å². The zero-order chi connectivity index (χ0) is 34.7. The van der Waals surface area contributed by atoms with E-state index in [0.717, 1.165) is 28.1 Å². The second kappa shape index (κ2) is 11.9. The summed E-state index contributed by atoms with van der Waals surface area (Å²) >= 11 is 0. The third kappa shape index (κ3) is 6.18. The smallest absolute Gasteiger partial charge is 0.418 e. The molecule has 2 aliphatic rings. The second-order valence-electron chi connectivity index (χ2n) is 13.4. The van der Waals surface area contributed by atoms with Gasteiger partial charge in [0.2, 0.25) is 0 Å². The van der Waals surface area contributed by atoms with Crippen molar-refractivity contribution in [3.8, 4) is 11.1 Å². The lowest BCUT2D eigenvalue weighted by Crippen LogP contribution is -2.50. The van der Waals surface area contributed by atoms with Gasteiger partial charge in [0.25, 0.3) is 0 Å². The molecule has 0 aliphatic carbocycles. The van der Waals surface area contributed by atoms with Gasteiger partial charge < -0.3 is 19.4 Å². The Morgan fingerprint density at radius 2 is 1.57 bits per heavy atom. The molecular weight excluding hydrogens is 633 g/mol. The number of pyridine rings is 2. The monoisotopic (exact) mass is 668 g/mol. The van der Waals surface area contributed by atoms with E-state index in [9.17, 15) is 22.8 Å². The van der Waals surface area contributed by atoms with Gasteiger partial charge in [0.15, 0.2) is 0 Å². The van der Waals surface area contributed by atoms with Gasteiger partial charge in [-0.25, -0.2) is 9.59 Å². The number of fused-ring (bicyclic) bond motifs is 4. The van der Waals surface area contributed by atoms with Crippen LogP contribution in [0.1, 0.15) is 31.9 Å². The molecule has 12 heteroatoms. The number of hydrogen-bond donors (Lipinski definition) is 0. The maximum absolute atomic E-state index is 14.8. The van der Waals surface area contributed by atoms with E-state index in [1.165, 1.54) is 20.8 Å². The molecule has 0 radical (unpaired) electrons. The number of carbonyl (C=O) groups is 2. The van der Waals surface area contributed by atoms with E-state index in [1.807, 2.05) is 48.5 Å². The molecular formula is C37H35F3N6O3. The molecule has 2 aromatic heterocycles. The average molecular weight is 669 g/mol. The maximum Gasteiger partial charge on any atom is 0.418 e. The summed E-state index contributed by atoms with van der Waals surface area (Å²) in [5.41, 5.74) is 2.91. The summed E-state index contributed by atoms with van der Waals surface area (Å²) in [6.07, 6.45) is -1.75. The summed E-state index contributed by atoms with van der Waals surface area (Å²) in [5.74, 6) is 0. The number of benzene rings is 3. The van der Waals surface area contributed by atoms with Crippen LogP contribution in [0.2, 0.25) is 0 Å². The number of nitrogens with zero attached hydrogens (tertiary/aromatic N) is 6. The van der Waals surface area contributed by atoms with E-state index in [1.54, 1.807) is 51.2 Å². The zero-order valence-corrected chi connectivity index (χ0v) is 27.6. The third-order valence-corrected chi connectivity index (χ3v) is 8.80. The largest absolute Gasteiger partial charge is 0.444 e. The third-order valence-electron chi connectivity index (χ3n) is 8.80. The molecule has 3 amide bonds. The Balaban J connectivity index is 1.28. The molecule has 1 fully saturated rings. The van der Waals surface area contributed by atoms with Crippen molar-refractivity contribution < 1.29 is 27.5 Å². The van der Waals surface area contributed by atoms with Crippen LogP contribution in [0.15, 0.2) is 79.1 Å². The first-order valence-electron chi connectivity index (χ1n) is 16.0. The van der Waals surface area contributed by atoms with Gasteiger partial charge in [-0.05, 0) is 68.8 Å². The molecule has 0 unspecified atom stereocenters. The van der Waals surface area contributed by atoms with Gasteiger partial charge in [0, 0.05) is 73.2 Å². The number of amides is 3. The Labute approximate surface area is 281 Å². The normalized spacial score (nSPS) is 15.6. The van der Waals surface area contributed by atoms with E-state index in [0.29, 0.717) is 22.2 Å². The Morgan fingerprint density at radius 1 is 0.837 bits per heavy atom. The molecule has 9 nitrogen and oxygen atoms in total. The highest BCUT2D eigenvalue weighted by atomic mass is 19.4. The van der Waals surface area contributed by atoms with Gasteiger partial charge in [-0.1, -0.05) is 24.3 Å². The Hall–Kier alpha value is -5.39. The molecule has 0 saturated carbocycles. The molecule has 4 heterocycles. The van der Waals surface area contributed by atoms with Gasteiger partial charge in [-0.3, -0.25) is 14.9 Å². The minimum Gasteiger partial charge on any atom is -0.444 e. The van der Waals surface area contributed by atoms with Crippen LogP contribution >= 0.6 is 0 Å². The predicted molar refractivity (Wildman–Crippen MR) is 183 cm³/mol. The number of aromatic nitrogens is 2. The molecule has 3 aromatic carbocycles. The number of ether oxygens (including phenoxy) is 1. The predicted octanol–water partition coefficient (Wildman–Crippen LogP) is 8.23. The number of halogens is 3. The van der Waals surface area contributed by atoms with E-state index in [-0.39, 0.29) is 44.1 Å². The van der Waals surface area contributed by atoms with Crippen molar-refractivity contribution in [2.75, 3.05) is 43.0 Å². The first kappa shape index (κ1) is 32.2. The van der Waals surface area contributed by atoms with E-state index < -0.39 is 29.5 Å². The van der Waals surface area contributed by atoms with Crippen molar-refractivity contribution in [2.45, 2.75) is 39.1 Å². The topological polar surface area (TPSA) is 82.1 Å². The summed E-state index contributed by atoms with van der Waals surface area (Å²) in [5, 5.41) is 1.61. The average Bonchev–Trinajstić information content (AvgIpc) is 3.07. The van der Waals surface area contributed by atoms with Crippen LogP contribution in [-0.4, -0.2) is 70.7 Å². The number of para-hydroxylation sites is 1. The highest BCUT2D eigenvalue weighted by Gasteiger charge is 2.39. The lowest BCUT2D eigenvalue weighted by molar-refractivity contribution is -0.137. The van der Waals surface area contributed by atoms with Crippen molar-refractivity contribution >= 4 is 51.0 Å². The fourth-order valence-corrected chi connectivity index (χ4v) is 6.46. The fraction of sp³-hybridized carbons (Fsp3) is 0.297. The number of urea groups is 1. The summed E-state index contributed by atoms with van der Waals surface area (Å²) in [4.78, 5) is 41.6. The Kier molecular flexibility index (Phi) is 7.84. The van der Waals surface area contributed by atoms with Crippen molar-refractivity contribution in [2.24, 2.45) is 0 Å². The van der Waals surface area contributed by atoms with Crippen LogP contribution in [0.25, 0.3) is 32.9 Å². The van der Waals surface area contributed by atoms with E-state index in [4.69, 9.17) is 4.74 Å². The minimum absolute atomic E-state index is 0.0104. The summed E-state index contributed by atoms with van der Waals surface area (Å²) < 4.78 is 49.8. The van der Waals surface area contributed by atoms with Crippen LogP contribution in [0.3, 0.4) is 0 Å². The van der Waals surface area contributed by atoms with E-state index >= 15 is 0 Å². The highest BCUT2D eigenvalue weighted by Crippen LogP contribution is 2.44. The Morgan fingerprint density at radius 3 is 2.31 bits per heavy atom. The Bertz CT molecular complexity index is 2100. The number of alkyl halides is 3. The number of piperazine rings is 1. The number of carbonyl (C=O) groups excluding carboxylic acids is 2. The molecule has 0 N–H and O–H groups in total. The zero-order valence-electron chi connectivity index (χ0n) is 27.6. The molecule has 0 atom stereocenters.